The number of alkyl halides is 4. The maximum Gasteiger partial charge on any atom is 0.280 e. The van der Waals surface area contributed by atoms with Crippen LogP contribution in [0.2, 0.25) is 5.02 Å². The van der Waals surface area contributed by atoms with E-state index in [2.05, 4.69) is 20.5 Å². The lowest BCUT2D eigenvalue weighted by atomic mass is 10.2. The number of hydrogen-bond donors (Lipinski definition) is 1. The molecule has 0 unspecified atom stereocenters. The largest absolute Gasteiger partial charge is 0.302 e. The minimum atomic E-state index is -3.13. The highest BCUT2D eigenvalue weighted by Gasteiger charge is 2.23. The zero-order valence-electron chi connectivity index (χ0n) is 15.8. The van der Waals surface area contributed by atoms with Crippen LogP contribution in [-0.2, 0) is 6.54 Å². The zero-order valence-corrected chi connectivity index (χ0v) is 16.6. The quantitative estimate of drug-likeness (QED) is 0.407. The van der Waals surface area contributed by atoms with Gasteiger partial charge in [-0.15, -0.1) is 0 Å². The predicted molar refractivity (Wildman–Crippen MR) is 104 cm³/mol. The second-order valence-corrected chi connectivity index (χ2v) is 6.98. The van der Waals surface area contributed by atoms with E-state index >= 15 is 0 Å². The maximum absolute atomic E-state index is 13.8. The number of nitrogens with one attached hydrogen (secondary N) is 1. The van der Waals surface area contributed by atoms with Crippen molar-refractivity contribution in [2.24, 2.45) is 0 Å². The van der Waals surface area contributed by atoms with E-state index in [0.717, 1.165) is 6.07 Å². The number of rotatable bonds is 6. The molecule has 0 fully saturated rings. The average Bonchev–Trinajstić information content (AvgIpc) is 3.32. The van der Waals surface area contributed by atoms with Gasteiger partial charge in [0.05, 0.1) is 6.54 Å². The van der Waals surface area contributed by atoms with Gasteiger partial charge in [0.1, 0.15) is 22.2 Å². The molecule has 32 heavy (non-hydrogen) atoms. The van der Waals surface area contributed by atoms with E-state index in [4.69, 9.17) is 11.6 Å². The van der Waals surface area contributed by atoms with Gasteiger partial charge in [-0.25, -0.2) is 31.5 Å². The van der Waals surface area contributed by atoms with E-state index in [1.807, 2.05) is 0 Å². The molecule has 0 aliphatic rings. The summed E-state index contributed by atoms with van der Waals surface area (Å²) in [5.74, 6) is -1.41. The first kappa shape index (κ1) is 21.7. The van der Waals surface area contributed by atoms with E-state index in [0.29, 0.717) is 16.1 Å². The third-order valence-electron chi connectivity index (χ3n) is 4.39. The normalized spacial score (nSPS) is 11.6. The summed E-state index contributed by atoms with van der Waals surface area (Å²) >= 11 is 6.07. The SMILES string of the molecule is O=C(Nc1nn(Cc2ccccc2F)cc1Cl)c1cc2nc(C(F)F)cc(C(F)F)n2n1. The van der Waals surface area contributed by atoms with E-state index in [-0.39, 0.29) is 28.7 Å². The molecule has 13 heteroatoms. The summed E-state index contributed by atoms with van der Waals surface area (Å²) in [4.78, 5) is 16.1. The van der Waals surface area contributed by atoms with Crippen LogP contribution in [0.5, 0.6) is 0 Å². The molecule has 0 aliphatic carbocycles. The maximum atomic E-state index is 13.8. The van der Waals surface area contributed by atoms with Crippen LogP contribution in [0.15, 0.2) is 42.6 Å². The molecular formula is C19H12ClF5N6O. The van der Waals surface area contributed by atoms with E-state index in [9.17, 15) is 26.7 Å². The highest BCUT2D eigenvalue weighted by Crippen LogP contribution is 2.26. The van der Waals surface area contributed by atoms with Crippen molar-refractivity contribution < 1.29 is 26.7 Å². The average molecular weight is 471 g/mol. The van der Waals surface area contributed by atoms with Crippen LogP contribution in [0.25, 0.3) is 5.65 Å². The molecule has 3 heterocycles. The Balaban J connectivity index is 1.60. The van der Waals surface area contributed by atoms with Crippen LogP contribution < -0.4 is 5.32 Å². The third kappa shape index (κ3) is 4.26. The summed E-state index contributed by atoms with van der Waals surface area (Å²) in [7, 11) is 0. The van der Waals surface area contributed by atoms with Gasteiger partial charge in [0.25, 0.3) is 18.8 Å². The van der Waals surface area contributed by atoms with E-state index in [1.165, 1.54) is 23.0 Å². The molecule has 0 bridgehead atoms. The van der Waals surface area contributed by atoms with Crippen LogP contribution in [0.3, 0.4) is 0 Å². The van der Waals surface area contributed by atoms with Crippen LogP contribution >= 0.6 is 11.6 Å². The Kier molecular flexibility index (Phi) is 5.78. The van der Waals surface area contributed by atoms with Crippen molar-refractivity contribution in [3.63, 3.8) is 0 Å². The fourth-order valence-corrected chi connectivity index (χ4v) is 3.13. The highest BCUT2D eigenvalue weighted by atomic mass is 35.5. The minimum Gasteiger partial charge on any atom is -0.302 e. The van der Waals surface area contributed by atoms with Crippen LogP contribution in [0.1, 0.15) is 40.3 Å². The molecule has 4 rings (SSSR count). The number of carbonyl (C=O) groups excluding carboxylic acids is 1. The monoisotopic (exact) mass is 470 g/mol. The Morgan fingerprint density at radius 2 is 1.84 bits per heavy atom. The summed E-state index contributed by atoms with van der Waals surface area (Å²) in [5.41, 5.74) is -2.08. The van der Waals surface area contributed by atoms with Crippen molar-refractivity contribution in [2.45, 2.75) is 19.4 Å². The molecule has 0 saturated carbocycles. The Morgan fingerprint density at radius 1 is 1.09 bits per heavy atom. The lowest BCUT2D eigenvalue weighted by Crippen LogP contribution is -2.14. The van der Waals surface area contributed by atoms with E-state index in [1.54, 1.807) is 12.1 Å². The summed E-state index contributed by atoms with van der Waals surface area (Å²) < 4.78 is 68.2. The predicted octanol–water partition coefficient (Wildman–Crippen LogP) is 4.89. The number of amides is 1. The van der Waals surface area contributed by atoms with Gasteiger partial charge in [-0.2, -0.15) is 10.2 Å². The first-order valence-electron chi connectivity index (χ1n) is 8.97. The first-order chi connectivity index (χ1) is 15.2. The molecule has 1 amide bonds. The Bertz CT molecular complexity index is 1300. The topological polar surface area (TPSA) is 77.1 Å². The van der Waals surface area contributed by atoms with Crippen LogP contribution in [-0.4, -0.2) is 30.3 Å². The summed E-state index contributed by atoms with van der Waals surface area (Å²) in [6.45, 7) is 0.0364. The lowest BCUT2D eigenvalue weighted by molar-refractivity contribution is 0.102. The molecule has 0 radical (unpaired) electrons. The molecule has 0 spiro atoms. The zero-order chi connectivity index (χ0) is 23.0. The number of anilines is 1. The lowest BCUT2D eigenvalue weighted by Gasteiger charge is -2.06. The smallest absolute Gasteiger partial charge is 0.280 e. The van der Waals surface area contributed by atoms with Gasteiger partial charge >= 0.3 is 0 Å². The number of carbonyl (C=O) groups is 1. The van der Waals surface area contributed by atoms with Crippen molar-refractivity contribution in [3.05, 3.63) is 76.1 Å². The second kappa shape index (κ2) is 8.54. The molecule has 166 valence electrons. The molecule has 1 aromatic carbocycles. The second-order valence-electron chi connectivity index (χ2n) is 6.58. The molecule has 0 saturated heterocycles. The van der Waals surface area contributed by atoms with Crippen molar-refractivity contribution in [1.82, 2.24) is 24.4 Å². The fraction of sp³-hybridized carbons (Fsp3) is 0.158. The van der Waals surface area contributed by atoms with Crippen molar-refractivity contribution in [3.8, 4) is 0 Å². The Morgan fingerprint density at radius 3 is 2.53 bits per heavy atom. The Labute approximate surface area is 181 Å². The molecule has 7 nitrogen and oxygen atoms in total. The third-order valence-corrected chi connectivity index (χ3v) is 4.67. The van der Waals surface area contributed by atoms with Crippen molar-refractivity contribution >= 4 is 29.0 Å². The molecular weight excluding hydrogens is 459 g/mol. The number of nitrogens with zero attached hydrogens (tertiary/aromatic N) is 5. The van der Waals surface area contributed by atoms with Gasteiger partial charge in [-0.1, -0.05) is 29.8 Å². The molecule has 4 aromatic rings. The molecule has 3 aromatic heterocycles. The van der Waals surface area contributed by atoms with Crippen LogP contribution in [0, 0.1) is 5.82 Å². The molecule has 0 aliphatic heterocycles. The number of fused-ring (bicyclic) bond motifs is 1. The van der Waals surface area contributed by atoms with Crippen molar-refractivity contribution in [1.29, 1.82) is 0 Å². The summed E-state index contributed by atoms with van der Waals surface area (Å²) in [6, 6.07) is 7.54. The van der Waals surface area contributed by atoms with Gasteiger partial charge < -0.3 is 5.32 Å². The fourth-order valence-electron chi connectivity index (χ4n) is 2.93. The van der Waals surface area contributed by atoms with Gasteiger partial charge in [-0.05, 0) is 12.1 Å². The summed E-state index contributed by atoms with van der Waals surface area (Å²) in [6.07, 6.45) is -4.85. The number of hydrogen-bond acceptors (Lipinski definition) is 4. The highest BCUT2D eigenvalue weighted by molar-refractivity contribution is 6.33. The van der Waals surface area contributed by atoms with Gasteiger partial charge in [-0.3, -0.25) is 9.48 Å². The summed E-state index contributed by atoms with van der Waals surface area (Å²) in [5, 5.41) is 10.2. The van der Waals surface area contributed by atoms with Crippen LogP contribution in [0.4, 0.5) is 27.8 Å². The molecule has 0 atom stereocenters. The number of benzene rings is 1. The van der Waals surface area contributed by atoms with Crippen molar-refractivity contribution in [2.75, 3.05) is 5.32 Å². The molecule has 1 N–H and O–H groups in total. The standard InChI is InChI=1S/C19H12ClF5N6O/c20-10-8-30(7-9-3-1-2-4-11(9)21)29-18(10)27-19(32)13-6-15-26-12(16(22)23)5-14(17(24)25)31(15)28-13/h1-6,8,16-17H,7H2,(H,27,29,32). The number of halogens is 6. The minimum absolute atomic E-state index is 0.0323. The van der Waals surface area contributed by atoms with Gasteiger partial charge in [0, 0.05) is 17.8 Å². The van der Waals surface area contributed by atoms with Gasteiger partial charge in [0.2, 0.25) is 0 Å². The first-order valence-corrected chi connectivity index (χ1v) is 9.35. The van der Waals surface area contributed by atoms with E-state index < -0.39 is 36.0 Å². The Hall–Kier alpha value is -3.54. The van der Waals surface area contributed by atoms with Gasteiger partial charge in [0.15, 0.2) is 17.2 Å². The number of aromatic nitrogens is 5.